The van der Waals surface area contributed by atoms with Crippen molar-refractivity contribution in [2.45, 2.75) is 33.7 Å². The zero-order valence-electron chi connectivity index (χ0n) is 11.2. The quantitative estimate of drug-likeness (QED) is 0.818. The Morgan fingerprint density at radius 1 is 1.50 bits per heavy atom. The second-order valence-corrected chi connectivity index (χ2v) is 6.62. The van der Waals surface area contributed by atoms with Gasteiger partial charge < -0.3 is 11.1 Å². The van der Waals surface area contributed by atoms with Crippen molar-refractivity contribution in [2.24, 2.45) is 17.1 Å². The van der Waals surface area contributed by atoms with E-state index < -0.39 is 5.41 Å². The highest BCUT2D eigenvalue weighted by Crippen LogP contribution is 2.27. The van der Waals surface area contributed by atoms with E-state index in [0.29, 0.717) is 5.92 Å². The molecule has 100 valence electrons. The van der Waals surface area contributed by atoms with Crippen molar-refractivity contribution in [1.82, 2.24) is 5.32 Å². The number of carbonyl (C=O) groups is 1. The Balaban J connectivity index is 2.87. The van der Waals surface area contributed by atoms with Crippen LogP contribution in [-0.2, 0) is 4.79 Å². The van der Waals surface area contributed by atoms with Crippen LogP contribution in [0.25, 0.3) is 0 Å². The molecule has 1 atom stereocenters. The molecule has 0 spiro atoms. The van der Waals surface area contributed by atoms with E-state index in [1.54, 1.807) is 25.2 Å². The van der Waals surface area contributed by atoms with Crippen molar-refractivity contribution in [3.8, 4) is 0 Å². The Kier molecular flexibility index (Phi) is 4.87. The van der Waals surface area contributed by atoms with E-state index in [0.717, 1.165) is 4.88 Å². The third-order valence-electron chi connectivity index (χ3n) is 2.99. The van der Waals surface area contributed by atoms with Crippen LogP contribution < -0.4 is 11.1 Å². The van der Waals surface area contributed by atoms with Crippen LogP contribution in [0.3, 0.4) is 0 Å². The molecule has 18 heavy (non-hydrogen) atoms. The Morgan fingerprint density at radius 3 is 2.50 bits per heavy atom. The number of thiocarbonyl (C=S) groups is 1. The van der Waals surface area contributed by atoms with Crippen molar-refractivity contribution in [3.05, 3.63) is 22.4 Å². The normalized spacial score (nSPS) is 13.4. The minimum atomic E-state index is -0.820. The zero-order valence-corrected chi connectivity index (χ0v) is 12.8. The lowest BCUT2D eigenvalue weighted by molar-refractivity contribution is -0.127. The maximum Gasteiger partial charge on any atom is 0.233 e. The molecule has 1 amide bonds. The van der Waals surface area contributed by atoms with Gasteiger partial charge in [-0.15, -0.1) is 11.3 Å². The standard InChI is InChI=1S/C13H20N2OS2/c1-8(2)10(9-6-5-7-18-9)15-12(16)13(3,4)11(14)17/h5-8,10H,1-4H3,(H2,14,17)(H,15,16). The lowest BCUT2D eigenvalue weighted by Crippen LogP contribution is -2.46. The monoisotopic (exact) mass is 284 g/mol. The summed E-state index contributed by atoms with van der Waals surface area (Å²) >= 11 is 6.59. The highest BCUT2D eigenvalue weighted by molar-refractivity contribution is 7.80. The van der Waals surface area contributed by atoms with Crippen molar-refractivity contribution < 1.29 is 4.79 Å². The van der Waals surface area contributed by atoms with E-state index in [2.05, 4.69) is 19.2 Å². The van der Waals surface area contributed by atoms with Gasteiger partial charge in [0.25, 0.3) is 0 Å². The fraction of sp³-hybridized carbons (Fsp3) is 0.538. The highest BCUT2D eigenvalue weighted by atomic mass is 32.1. The Labute approximate surface area is 118 Å². The lowest BCUT2D eigenvalue weighted by atomic mass is 9.91. The smallest absolute Gasteiger partial charge is 0.233 e. The van der Waals surface area contributed by atoms with Crippen LogP contribution in [0, 0.1) is 11.3 Å². The largest absolute Gasteiger partial charge is 0.392 e. The predicted molar refractivity (Wildman–Crippen MR) is 80.6 cm³/mol. The van der Waals surface area contributed by atoms with E-state index in [9.17, 15) is 4.79 Å². The average molecular weight is 284 g/mol. The van der Waals surface area contributed by atoms with Gasteiger partial charge in [0, 0.05) is 4.88 Å². The van der Waals surface area contributed by atoms with E-state index in [1.807, 2.05) is 17.5 Å². The summed E-state index contributed by atoms with van der Waals surface area (Å²) in [6.07, 6.45) is 0. The lowest BCUT2D eigenvalue weighted by Gasteiger charge is -2.28. The van der Waals surface area contributed by atoms with Gasteiger partial charge in [-0.25, -0.2) is 0 Å². The first-order valence-corrected chi connectivity index (χ1v) is 7.20. The molecule has 0 bridgehead atoms. The third-order valence-corrected chi connectivity index (χ3v) is 4.45. The molecule has 3 N–H and O–H groups in total. The number of carbonyl (C=O) groups excluding carboxylic acids is 1. The van der Waals surface area contributed by atoms with Crippen LogP contribution in [0.5, 0.6) is 0 Å². The molecule has 5 heteroatoms. The molecule has 1 aromatic rings. The van der Waals surface area contributed by atoms with Crippen LogP contribution in [0.15, 0.2) is 17.5 Å². The Morgan fingerprint density at radius 2 is 2.11 bits per heavy atom. The number of thiophene rings is 1. The van der Waals surface area contributed by atoms with E-state index in [-0.39, 0.29) is 16.9 Å². The average Bonchev–Trinajstić information content (AvgIpc) is 2.77. The molecule has 1 heterocycles. The van der Waals surface area contributed by atoms with Crippen LogP contribution in [0.2, 0.25) is 0 Å². The van der Waals surface area contributed by atoms with Crippen LogP contribution in [0.4, 0.5) is 0 Å². The summed E-state index contributed by atoms with van der Waals surface area (Å²) in [5.74, 6) is 0.192. The topological polar surface area (TPSA) is 55.1 Å². The number of rotatable bonds is 5. The summed E-state index contributed by atoms with van der Waals surface area (Å²) in [6.45, 7) is 7.66. The van der Waals surface area contributed by atoms with Crippen LogP contribution in [0.1, 0.15) is 38.6 Å². The molecule has 0 aliphatic heterocycles. The summed E-state index contributed by atoms with van der Waals surface area (Å²) in [5.41, 5.74) is 4.80. The summed E-state index contributed by atoms with van der Waals surface area (Å²) in [6, 6.07) is 4.02. The highest BCUT2D eigenvalue weighted by Gasteiger charge is 2.33. The maximum absolute atomic E-state index is 12.2. The third kappa shape index (κ3) is 3.29. The van der Waals surface area contributed by atoms with Crippen molar-refractivity contribution in [2.75, 3.05) is 0 Å². The SMILES string of the molecule is CC(C)C(NC(=O)C(C)(C)C(N)=S)c1cccs1. The molecule has 1 unspecified atom stereocenters. The zero-order chi connectivity index (χ0) is 13.9. The number of amides is 1. The number of hydrogen-bond donors (Lipinski definition) is 2. The molecule has 0 saturated heterocycles. The Hall–Kier alpha value is -0.940. The van der Waals surface area contributed by atoms with Crippen molar-refractivity contribution >= 4 is 34.5 Å². The van der Waals surface area contributed by atoms with E-state index >= 15 is 0 Å². The predicted octanol–water partition coefficient (Wildman–Crippen LogP) is 2.87. The fourth-order valence-corrected chi connectivity index (χ4v) is 2.51. The molecule has 0 aromatic carbocycles. The summed E-state index contributed by atoms with van der Waals surface area (Å²) in [7, 11) is 0. The Bertz CT molecular complexity index is 424. The summed E-state index contributed by atoms with van der Waals surface area (Å²) < 4.78 is 0. The van der Waals surface area contributed by atoms with E-state index in [4.69, 9.17) is 18.0 Å². The molecule has 0 aliphatic rings. The molecule has 0 fully saturated rings. The molecular weight excluding hydrogens is 264 g/mol. The van der Waals surface area contributed by atoms with Gasteiger partial charge in [0.2, 0.25) is 5.91 Å². The van der Waals surface area contributed by atoms with Gasteiger partial charge in [-0.05, 0) is 31.2 Å². The van der Waals surface area contributed by atoms with Gasteiger partial charge in [-0.3, -0.25) is 4.79 Å². The summed E-state index contributed by atoms with van der Waals surface area (Å²) in [5, 5.41) is 5.05. The molecule has 1 rings (SSSR count). The van der Waals surface area contributed by atoms with Crippen molar-refractivity contribution in [3.63, 3.8) is 0 Å². The molecule has 3 nitrogen and oxygen atoms in total. The van der Waals surface area contributed by atoms with Gasteiger partial charge in [-0.2, -0.15) is 0 Å². The fourth-order valence-electron chi connectivity index (χ4n) is 1.47. The minimum absolute atomic E-state index is 0.00567. The second kappa shape index (κ2) is 5.80. The van der Waals surface area contributed by atoms with Crippen LogP contribution in [-0.4, -0.2) is 10.9 Å². The summed E-state index contributed by atoms with van der Waals surface area (Å²) in [4.78, 5) is 13.6. The van der Waals surface area contributed by atoms with Gasteiger partial charge >= 0.3 is 0 Å². The molecule has 0 saturated carbocycles. The first kappa shape index (κ1) is 15.1. The van der Waals surface area contributed by atoms with Crippen molar-refractivity contribution in [1.29, 1.82) is 0 Å². The maximum atomic E-state index is 12.2. The molecular formula is C13H20N2OS2. The molecule has 1 aromatic heterocycles. The van der Waals surface area contributed by atoms with Gasteiger partial charge in [0.05, 0.1) is 16.4 Å². The number of hydrogen-bond acceptors (Lipinski definition) is 3. The number of nitrogens with two attached hydrogens (primary N) is 1. The van der Waals surface area contributed by atoms with Gasteiger partial charge in [-0.1, -0.05) is 32.1 Å². The minimum Gasteiger partial charge on any atom is -0.392 e. The second-order valence-electron chi connectivity index (χ2n) is 5.20. The number of nitrogens with one attached hydrogen (secondary N) is 1. The molecule has 0 radical (unpaired) electrons. The molecule has 0 aliphatic carbocycles. The first-order valence-electron chi connectivity index (χ1n) is 5.91. The van der Waals surface area contributed by atoms with Crippen LogP contribution >= 0.6 is 23.6 Å². The van der Waals surface area contributed by atoms with Gasteiger partial charge in [0.1, 0.15) is 0 Å². The van der Waals surface area contributed by atoms with E-state index in [1.165, 1.54) is 0 Å². The first-order chi connectivity index (χ1) is 8.26. The van der Waals surface area contributed by atoms with Gasteiger partial charge in [0.15, 0.2) is 0 Å².